The molecule has 0 saturated carbocycles. The number of H-pyrrole nitrogens is 1. The van der Waals surface area contributed by atoms with Crippen LogP contribution in [0.25, 0.3) is 0 Å². The highest BCUT2D eigenvalue weighted by Crippen LogP contribution is 2.38. The Morgan fingerprint density at radius 3 is 2.84 bits per heavy atom. The van der Waals surface area contributed by atoms with Crippen LogP contribution in [0.5, 0.6) is 11.5 Å². The predicted octanol–water partition coefficient (Wildman–Crippen LogP) is 4.97. The normalized spacial score (nSPS) is 11.1. The van der Waals surface area contributed by atoms with E-state index >= 15 is 0 Å². The Morgan fingerprint density at radius 2 is 2.16 bits per heavy atom. The average Bonchev–Trinajstić information content (AvgIpc) is 3.13. The molecule has 32 heavy (non-hydrogen) atoms. The number of nitro benzene ring substituents is 1. The molecule has 1 heterocycles. The van der Waals surface area contributed by atoms with Crippen molar-refractivity contribution in [1.82, 2.24) is 14.9 Å². The highest BCUT2D eigenvalue weighted by molar-refractivity contribution is 7.71. The van der Waals surface area contributed by atoms with E-state index in [0.717, 1.165) is 30.4 Å². The quantitative estimate of drug-likeness (QED) is 0.200. The van der Waals surface area contributed by atoms with Gasteiger partial charge in [-0.15, -0.1) is 0 Å². The molecule has 0 fully saturated rings. The van der Waals surface area contributed by atoms with Crippen molar-refractivity contribution in [2.75, 3.05) is 7.11 Å². The Kier molecular flexibility index (Phi) is 7.72. The zero-order valence-electron chi connectivity index (χ0n) is 18.2. The average molecular weight is 456 g/mol. The van der Waals surface area contributed by atoms with Crippen molar-refractivity contribution in [2.45, 2.75) is 39.7 Å². The number of aryl methyl sites for hydroxylation is 2. The maximum Gasteiger partial charge on any atom is 0.315 e. The van der Waals surface area contributed by atoms with Crippen LogP contribution < -0.4 is 9.47 Å². The molecule has 168 valence electrons. The van der Waals surface area contributed by atoms with Crippen molar-refractivity contribution < 1.29 is 14.4 Å². The highest BCUT2D eigenvalue weighted by Gasteiger charge is 2.22. The number of unbranched alkanes of at least 4 members (excludes halogenated alkanes) is 1. The van der Waals surface area contributed by atoms with E-state index in [-0.39, 0.29) is 23.8 Å². The van der Waals surface area contributed by atoms with Gasteiger partial charge in [0.15, 0.2) is 11.6 Å². The molecular formula is C22H25N5O4S. The number of rotatable bonds is 10. The van der Waals surface area contributed by atoms with Gasteiger partial charge in [0.25, 0.3) is 0 Å². The van der Waals surface area contributed by atoms with Crippen molar-refractivity contribution in [3.63, 3.8) is 0 Å². The van der Waals surface area contributed by atoms with Gasteiger partial charge in [-0.05, 0) is 37.2 Å². The molecule has 0 atom stereocenters. The SMILES string of the molecule is CCCCc1n[nH]c(=S)n1/N=C\c1cc(OC)c(OCc2cccc(C)c2)c([N+](=O)[O-])c1. The Hall–Kier alpha value is -3.53. The van der Waals surface area contributed by atoms with Crippen molar-refractivity contribution in [2.24, 2.45) is 5.10 Å². The van der Waals surface area contributed by atoms with Crippen LogP contribution in [0.4, 0.5) is 5.69 Å². The molecule has 0 unspecified atom stereocenters. The van der Waals surface area contributed by atoms with E-state index in [4.69, 9.17) is 21.7 Å². The topological polar surface area (TPSA) is 108 Å². The van der Waals surface area contributed by atoms with Gasteiger partial charge >= 0.3 is 5.69 Å². The van der Waals surface area contributed by atoms with Crippen LogP contribution in [0.3, 0.4) is 0 Å². The molecule has 0 saturated heterocycles. The molecule has 0 radical (unpaired) electrons. The van der Waals surface area contributed by atoms with Crippen LogP contribution in [0.2, 0.25) is 0 Å². The predicted molar refractivity (Wildman–Crippen MR) is 124 cm³/mol. The molecule has 0 amide bonds. The first-order valence-corrected chi connectivity index (χ1v) is 10.6. The third-order valence-electron chi connectivity index (χ3n) is 4.73. The third-order valence-corrected chi connectivity index (χ3v) is 5.00. The molecule has 0 aliphatic heterocycles. The lowest BCUT2D eigenvalue weighted by Crippen LogP contribution is -2.03. The molecule has 0 aliphatic rings. The minimum Gasteiger partial charge on any atom is -0.493 e. The molecule has 0 spiro atoms. The molecule has 3 aromatic rings. The van der Waals surface area contributed by atoms with E-state index in [0.29, 0.717) is 16.2 Å². The summed E-state index contributed by atoms with van der Waals surface area (Å²) in [5, 5.41) is 23.1. The van der Waals surface area contributed by atoms with E-state index in [1.807, 2.05) is 31.2 Å². The van der Waals surface area contributed by atoms with Crippen molar-refractivity contribution in [3.05, 3.63) is 73.8 Å². The lowest BCUT2D eigenvalue weighted by atomic mass is 10.1. The summed E-state index contributed by atoms with van der Waals surface area (Å²) in [5.74, 6) is 1.02. The Bertz CT molecular complexity index is 1190. The first kappa shape index (κ1) is 23.1. The van der Waals surface area contributed by atoms with Gasteiger partial charge in [-0.1, -0.05) is 43.2 Å². The molecule has 1 aromatic heterocycles. The van der Waals surface area contributed by atoms with Crippen molar-refractivity contribution >= 4 is 24.1 Å². The van der Waals surface area contributed by atoms with Gasteiger partial charge in [0.1, 0.15) is 6.61 Å². The maximum atomic E-state index is 11.8. The first-order chi connectivity index (χ1) is 15.4. The summed E-state index contributed by atoms with van der Waals surface area (Å²) in [6.45, 7) is 4.24. The van der Waals surface area contributed by atoms with Crippen molar-refractivity contribution in [3.8, 4) is 11.5 Å². The van der Waals surface area contributed by atoms with E-state index in [9.17, 15) is 10.1 Å². The molecule has 2 aromatic carbocycles. The van der Waals surface area contributed by atoms with Gasteiger partial charge in [0.2, 0.25) is 10.5 Å². The fourth-order valence-corrected chi connectivity index (χ4v) is 3.34. The van der Waals surface area contributed by atoms with E-state index in [1.54, 1.807) is 6.07 Å². The zero-order chi connectivity index (χ0) is 23.1. The Balaban J connectivity index is 1.91. The van der Waals surface area contributed by atoms with Gasteiger partial charge in [-0.25, -0.2) is 0 Å². The van der Waals surface area contributed by atoms with Gasteiger partial charge in [0, 0.05) is 18.1 Å². The molecule has 9 nitrogen and oxygen atoms in total. The van der Waals surface area contributed by atoms with E-state index in [2.05, 4.69) is 22.2 Å². The smallest absolute Gasteiger partial charge is 0.315 e. The Morgan fingerprint density at radius 1 is 1.34 bits per heavy atom. The third kappa shape index (κ3) is 5.58. The standard InChI is InChI=1S/C22H25N5O4S/c1-4-5-9-20-24-25-22(32)26(20)23-13-17-11-18(27(28)29)21(19(12-17)30-3)31-14-16-8-6-7-15(2)10-16/h6-8,10-13H,4-5,9,14H2,1-3H3,(H,25,32)/b23-13-. The number of nitrogens with one attached hydrogen (secondary N) is 1. The number of hydrogen-bond donors (Lipinski definition) is 1. The minimum atomic E-state index is -0.498. The second-order valence-electron chi connectivity index (χ2n) is 7.21. The highest BCUT2D eigenvalue weighted by atomic mass is 32.1. The van der Waals surface area contributed by atoms with Crippen LogP contribution in [0.15, 0.2) is 41.5 Å². The number of ether oxygens (including phenoxy) is 2. The number of benzene rings is 2. The fraction of sp³-hybridized carbons (Fsp3) is 0.318. The second kappa shape index (κ2) is 10.7. The van der Waals surface area contributed by atoms with Crippen molar-refractivity contribution in [1.29, 1.82) is 0 Å². The van der Waals surface area contributed by atoms with E-state index in [1.165, 1.54) is 24.1 Å². The largest absolute Gasteiger partial charge is 0.493 e. The number of aromatic nitrogens is 3. The number of nitrogens with zero attached hydrogens (tertiary/aromatic N) is 4. The summed E-state index contributed by atoms with van der Waals surface area (Å²) in [7, 11) is 1.44. The van der Waals surface area contributed by atoms with Gasteiger partial charge in [-0.3, -0.25) is 15.2 Å². The number of methoxy groups -OCH3 is 1. The molecule has 3 rings (SSSR count). The van der Waals surface area contributed by atoms with E-state index < -0.39 is 4.92 Å². The molecule has 0 bridgehead atoms. The lowest BCUT2D eigenvalue weighted by Gasteiger charge is -2.12. The maximum absolute atomic E-state index is 11.8. The molecule has 1 N–H and O–H groups in total. The monoisotopic (exact) mass is 455 g/mol. The molecule has 0 aliphatic carbocycles. The van der Waals surface area contributed by atoms with Crippen LogP contribution >= 0.6 is 12.2 Å². The first-order valence-electron chi connectivity index (χ1n) is 10.2. The number of aromatic amines is 1. The lowest BCUT2D eigenvalue weighted by molar-refractivity contribution is -0.386. The fourth-order valence-electron chi connectivity index (χ4n) is 3.14. The molecular weight excluding hydrogens is 430 g/mol. The van der Waals surface area contributed by atoms with Gasteiger partial charge < -0.3 is 9.47 Å². The zero-order valence-corrected chi connectivity index (χ0v) is 19.0. The summed E-state index contributed by atoms with van der Waals surface area (Å²) < 4.78 is 13.1. The van der Waals surface area contributed by atoms with Crippen LogP contribution in [0.1, 0.15) is 42.3 Å². The Labute approximate surface area is 190 Å². The second-order valence-corrected chi connectivity index (χ2v) is 7.60. The summed E-state index contributed by atoms with van der Waals surface area (Å²) >= 11 is 5.24. The summed E-state index contributed by atoms with van der Waals surface area (Å²) in [4.78, 5) is 11.3. The summed E-state index contributed by atoms with van der Waals surface area (Å²) in [5.41, 5.74) is 2.25. The summed E-state index contributed by atoms with van der Waals surface area (Å²) in [6.07, 6.45) is 4.16. The van der Waals surface area contributed by atoms with Crippen LogP contribution in [-0.4, -0.2) is 33.1 Å². The van der Waals surface area contributed by atoms with Gasteiger partial charge in [-0.2, -0.15) is 14.9 Å². The molecule has 10 heteroatoms. The summed E-state index contributed by atoms with van der Waals surface area (Å²) in [6, 6.07) is 10.8. The van der Waals surface area contributed by atoms with Crippen LogP contribution in [0, 0.1) is 21.8 Å². The number of hydrogen-bond acceptors (Lipinski definition) is 7. The number of nitro groups is 1. The minimum absolute atomic E-state index is 0.0692. The van der Waals surface area contributed by atoms with Gasteiger partial charge in [0.05, 0.1) is 18.2 Å². The van der Waals surface area contributed by atoms with Crippen LogP contribution in [-0.2, 0) is 13.0 Å².